The molecule has 1 aliphatic carbocycles. The Kier molecular flexibility index (Phi) is 8.00. The van der Waals surface area contributed by atoms with Crippen molar-refractivity contribution in [2.24, 2.45) is 10.9 Å². The predicted molar refractivity (Wildman–Crippen MR) is 115 cm³/mol. The molecule has 1 aromatic rings. The summed E-state index contributed by atoms with van der Waals surface area (Å²) in [6.07, 6.45) is 4.53. The van der Waals surface area contributed by atoms with E-state index >= 15 is 0 Å². The van der Waals surface area contributed by atoms with E-state index in [0.29, 0.717) is 6.54 Å². The van der Waals surface area contributed by atoms with Crippen LogP contribution in [0.4, 0.5) is 0 Å². The van der Waals surface area contributed by atoms with Gasteiger partial charge in [-0.15, -0.1) is 0 Å². The van der Waals surface area contributed by atoms with Crippen LogP contribution < -0.4 is 5.32 Å². The third-order valence-corrected chi connectivity index (χ3v) is 6.07. The zero-order valence-corrected chi connectivity index (χ0v) is 18.0. The van der Waals surface area contributed by atoms with E-state index in [1.54, 1.807) is 0 Å². The molecule has 1 saturated heterocycles. The summed E-state index contributed by atoms with van der Waals surface area (Å²) in [4.78, 5) is 7.18. The predicted octanol–water partition coefficient (Wildman–Crippen LogP) is 3.71. The fraction of sp³-hybridized carbons (Fsp3) is 0.682. The molecule has 1 N–H and O–H groups in total. The van der Waals surface area contributed by atoms with Crippen molar-refractivity contribution in [1.82, 2.24) is 10.2 Å². The maximum atomic E-state index is 6.57. The van der Waals surface area contributed by atoms with Gasteiger partial charge in [0.1, 0.15) is 0 Å². The van der Waals surface area contributed by atoms with Gasteiger partial charge in [0.05, 0.1) is 13.2 Å². The van der Waals surface area contributed by atoms with Gasteiger partial charge in [-0.05, 0) is 50.2 Å². The number of rotatable bonds is 9. The summed E-state index contributed by atoms with van der Waals surface area (Å²) in [6.45, 7) is 7.62. The van der Waals surface area contributed by atoms with Gasteiger partial charge in [0.15, 0.2) is 5.96 Å². The molecule has 3 rings (SSSR count). The summed E-state index contributed by atoms with van der Waals surface area (Å²) in [7, 11) is 2.08. The van der Waals surface area contributed by atoms with Crippen molar-refractivity contribution in [2.75, 3.05) is 53.1 Å². The lowest BCUT2D eigenvalue weighted by molar-refractivity contribution is 0.0530. The number of nitrogens with one attached hydrogen (secondary N) is 1. The Balaban J connectivity index is 1.67. The first kappa shape index (κ1) is 21.4. The van der Waals surface area contributed by atoms with Crippen LogP contribution in [0, 0.1) is 5.92 Å². The van der Waals surface area contributed by atoms with Gasteiger partial charge < -0.3 is 19.7 Å². The zero-order chi connectivity index (χ0) is 19.8. The molecule has 156 valence electrons. The highest BCUT2D eigenvalue weighted by Gasteiger charge is 2.36. The second kappa shape index (κ2) is 10.5. The van der Waals surface area contributed by atoms with Gasteiger partial charge in [0.2, 0.25) is 0 Å². The SMILES string of the molecule is CCNC(=NCC1(c2ccccc2Cl)CCOCC1)N(C)CCOCC1CC1. The zero-order valence-electron chi connectivity index (χ0n) is 17.3. The van der Waals surface area contributed by atoms with Crippen LogP contribution in [0.2, 0.25) is 5.02 Å². The summed E-state index contributed by atoms with van der Waals surface area (Å²) in [5.41, 5.74) is 1.12. The lowest BCUT2D eigenvalue weighted by atomic mass is 9.74. The number of nitrogens with zero attached hydrogens (tertiary/aromatic N) is 2. The van der Waals surface area contributed by atoms with E-state index in [9.17, 15) is 0 Å². The van der Waals surface area contributed by atoms with E-state index in [-0.39, 0.29) is 5.41 Å². The molecule has 0 radical (unpaired) electrons. The number of ether oxygens (including phenoxy) is 2. The quantitative estimate of drug-likeness (QED) is 0.385. The molecule has 0 amide bonds. The number of halogens is 1. The summed E-state index contributed by atoms with van der Waals surface area (Å²) in [5.74, 6) is 1.73. The Labute approximate surface area is 174 Å². The van der Waals surface area contributed by atoms with E-state index in [0.717, 1.165) is 69.3 Å². The number of hydrogen-bond acceptors (Lipinski definition) is 3. The Hall–Kier alpha value is -1.30. The van der Waals surface area contributed by atoms with Crippen molar-refractivity contribution < 1.29 is 9.47 Å². The normalized spacial score (nSPS) is 19.5. The first-order valence-electron chi connectivity index (χ1n) is 10.5. The highest BCUT2D eigenvalue weighted by atomic mass is 35.5. The summed E-state index contributed by atoms with van der Waals surface area (Å²) in [5, 5.41) is 4.25. The fourth-order valence-electron chi connectivity index (χ4n) is 3.70. The third kappa shape index (κ3) is 5.85. The number of guanidine groups is 1. The third-order valence-electron chi connectivity index (χ3n) is 5.74. The molecule has 1 aromatic carbocycles. The van der Waals surface area contributed by atoms with Crippen LogP contribution in [0.15, 0.2) is 29.3 Å². The Morgan fingerprint density at radius 2 is 2.07 bits per heavy atom. The molecule has 1 aliphatic heterocycles. The van der Waals surface area contributed by atoms with Crippen LogP contribution in [0.25, 0.3) is 0 Å². The number of benzene rings is 1. The van der Waals surface area contributed by atoms with Crippen molar-refractivity contribution in [3.63, 3.8) is 0 Å². The minimum Gasteiger partial charge on any atom is -0.381 e. The second-order valence-corrected chi connectivity index (χ2v) is 8.39. The van der Waals surface area contributed by atoms with E-state index in [1.165, 1.54) is 18.4 Å². The molecule has 6 heteroatoms. The molecule has 1 heterocycles. The van der Waals surface area contributed by atoms with E-state index in [4.69, 9.17) is 26.1 Å². The van der Waals surface area contributed by atoms with Crippen molar-refractivity contribution in [3.05, 3.63) is 34.9 Å². The van der Waals surface area contributed by atoms with Crippen LogP contribution >= 0.6 is 11.6 Å². The molecule has 0 aromatic heterocycles. The van der Waals surface area contributed by atoms with Crippen LogP contribution in [-0.4, -0.2) is 64.0 Å². The van der Waals surface area contributed by atoms with Gasteiger partial charge in [-0.3, -0.25) is 4.99 Å². The molecule has 0 atom stereocenters. The summed E-state index contributed by atoms with van der Waals surface area (Å²) in [6, 6.07) is 8.18. The fourth-order valence-corrected chi connectivity index (χ4v) is 4.04. The van der Waals surface area contributed by atoms with Crippen LogP contribution in [0.3, 0.4) is 0 Å². The Morgan fingerprint density at radius 3 is 2.75 bits per heavy atom. The highest BCUT2D eigenvalue weighted by Crippen LogP contribution is 2.39. The largest absolute Gasteiger partial charge is 0.381 e. The lowest BCUT2D eigenvalue weighted by Gasteiger charge is -2.37. The topological polar surface area (TPSA) is 46.1 Å². The van der Waals surface area contributed by atoms with Crippen LogP contribution in [0.1, 0.15) is 38.2 Å². The van der Waals surface area contributed by atoms with Gasteiger partial charge >= 0.3 is 0 Å². The van der Waals surface area contributed by atoms with Crippen LogP contribution in [0.5, 0.6) is 0 Å². The van der Waals surface area contributed by atoms with Crippen molar-refractivity contribution in [3.8, 4) is 0 Å². The average Bonchev–Trinajstić information content (AvgIpc) is 3.54. The molecule has 28 heavy (non-hydrogen) atoms. The van der Waals surface area contributed by atoms with Gasteiger partial charge in [-0.1, -0.05) is 29.8 Å². The molecule has 0 unspecified atom stereocenters. The average molecular weight is 408 g/mol. The molecular weight excluding hydrogens is 374 g/mol. The highest BCUT2D eigenvalue weighted by molar-refractivity contribution is 6.31. The van der Waals surface area contributed by atoms with Gasteiger partial charge in [-0.2, -0.15) is 0 Å². The first-order valence-corrected chi connectivity index (χ1v) is 10.9. The van der Waals surface area contributed by atoms with E-state index < -0.39 is 0 Å². The smallest absolute Gasteiger partial charge is 0.193 e. The summed E-state index contributed by atoms with van der Waals surface area (Å²) < 4.78 is 11.4. The minimum absolute atomic E-state index is 0.0689. The lowest BCUT2D eigenvalue weighted by Crippen LogP contribution is -2.43. The standard InChI is InChI=1S/C22H34ClN3O2/c1-3-24-21(26(2)12-15-28-16-18-8-9-18)25-17-22(10-13-27-14-11-22)19-6-4-5-7-20(19)23/h4-7,18H,3,8-17H2,1-2H3,(H,24,25). The van der Waals surface area contributed by atoms with Crippen LogP contribution in [-0.2, 0) is 14.9 Å². The number of aliphatic imine (C=N–C) groups is 1. The van der Waals surface area contributed by atoms with Crippen molar-refractivity contribution in [2.45, 2.75) is 38.0 Å². The molecule has 5 nitrogen and oxygen atoms in total. The maximum absolute atomic E-state index is 6.57. The number of hydrogen-bond donors (Lipinski definition) is 1. The second-order valence-electron chi connectivity index (χ2n) is 7.98. The molecule has 0 spiro atoms. The van der Waals surface area contributed by atoms with Crippen molar-refractivity contribution in [1.29, 1.82) is 0 Å². The van der Waals surface area contributed by atoms with Gasteiger partial charge in [0.25, 0.3) is 0 Å². The van der Waals surface area contributed by atoms with E-state index in [2.05, 4.69) is 36.3 Å². The van der Waals surface area contributed by atoms with Crippen molar-refractivity contribution >= 4 is 17.6 Å². The summed E-state index contributed by atoms with van der Waals surface area (Å²) >= 11 is 6.57. The maximum Gasteiger partial charge on any atom is 0.193 e. The van der Waals surface area contributed by atoms with E-state index in [1.807, 2.05) is 12.1 Å². The monoisotopic (exact) mass is 407 g/mol. The minimum atomic E-state index is -0.0689. The molecule has 2 aliphatic rings. The Bertz CT molecular complexity index is 642. The Morgan fingerprint density at radius 1 is 1.32 bits per heavy atom. The van der Waals surface area contributed by atoms with Gasteiger partial charge in [-0.25, -0.2) is 0 Å². The molecule has 1 saturated carbocycles. The van der Waals surface area contributed by atoms with Gasteiger partial charge in [0, 0.05) is 50.4 Å². The molecule has 2 fully saturated rings. The molecular formula is C22H34ClN3O2. The first-order chi connectivity index (χ1) is 13.6. The number of likely N-dealkylation sites (N-methyl/N-ethyl adjacent to an activating group) is 1. The molecule has 0 bridgehead atoms.